The summed E-state index contributed by atoms with van der Waals surface area (Å²) in [7, 11) is 0. The van der Waals surface area contributed by atoms with Crippen LogP contribution in [-0.4, -0.2) is 23.7 Å². The van der Waals surface area contributed by atoms with Crippen LogP contribution in [0.2, 0.25) is 0 Å². The fourth-order valence-corrected chi connectivity index (χ4v) is 10.5. The Morgan fingerprint density at radius 2 is 0.727 bits per heavy atom. The van der Waals surface area contributed by atoms with Crippen molar-refractivity contribution in [3.05, 3.63) is 223 Å². The van der Waals surface area contributed by atoms with Crippen LogP contribution >= 0.6 is 0 Å². The zero-order valence-corrected chi connectivity index (χ0v) is 36.9. The maximum Gasteiger partial charge on any atom is 0.160 e. The Morgan fingerprint density at radius 3 is 1.20 bits per heavy atom. The number of benzene rings is 9. The van der Waals surface area contributed by atoms with E-state index in [-0.39, 0.29) is 0 Å². The van der Waals surface area contributed by atoms with Gasteiger partial charge >= 0.3 is 0 Å². The second-order valence-electron chi connectivity index (χ2n) is 17.7. The lowest BCUT2D eigenvalue weighted by atomic mass is 10.0. The van der Waals surface area contributed by atoms with E-state index in [9.17, 15) is 0 Å². The van der Waals surface area contributed by atoms with Crippen LogP contribution in [0, 0.1) is 20.8 Å². The average molecular weight is 846 g/mol. The van der Waals surface area contributed by atoms with E-state index in [1.54, 1.807) is 0 Å². The van der Waals surface area contributed by atoms with E-state index < -0.39 is 0 Å². The van der Waals surface area contributed by atoms with Gasteiger partial charge in [0.25, 0.3) is 0 Å². The molecule has 9 aromatic carbocycles. The van der Waals surface area contributed by atoms with Gasteiger partial charge in [0, 0.05) is 66.1 Å². The molecule has 4 heterocycles. The molecule has 13 aromatic rings. The van der Waals surface area contributed by atoms with E-state index in [0.29, 0.717) is 0 Å². The SMILES string of the molecule is Cc1cccc(-c2cc(-c3ccc(-n4c5ccc(-n6c7ccccc7c7ccccc76)cc5c5cc(-n6c7ccccc7c7ccccc76)ccc54)c(C)c3)nc(-c3cccc(C)c3)n2)c1. The van der Waals surface area contributed by atoms with Gasteiger partial charge in [0.15, 0.2) is 5.82 Å². The summed E-state index contributed by atoms with van der Waals surface area (Å²) in [6.07, 6.45) is 0. The number of aryl methyl sites for hydroxylation is 3. The normalized spacial score (nSPS) is 11.9. The van der Waals surface area contributed by atoms with Gasteiger partial charge in [0.05, 0.1) is 44.5 Å². The summed E-state index contributed by atoms with van der Waals surface area (Å²) < 4.78 is 7.29. The molecule has 0 unspecified atom stereocenters. The van der Waals surface area contributed by atoms with Gasteiger partial charge in [0.2, 0.25) is 0 Å². The highest BCUT2D eigenvalue weighted by Crippen LogP contribution is 2.41. The minimum atomic E-state index is 0.718. The fourth-order valence-electron chi connectivity index (χ4n) is 10.5. The van der Waals surface area contributed by atoms with Crippen LogP contribution in [0.15, 0.2) is 206 Å². The van der Waals surface area contributed by atoms with Crippen molar-refractivity contribution in [3.8, 4) is 51.0 Å². The molecule has 0 spiro atoms. The van der Waals surface area contributed by atoms with Gasteiger partial charge in [-0.05, 0) is 117 Å². The van der Waals surface area contributed by atoms with E-state index in [2.05, 4.69) is 241 Å². The van der Waals surface area contributed by atoms with Crippen molar-refractivity contribution in [2.75, 3.05) is 0 Å². The van der Waals surface area contributed by atoms with Crippen LogP contribution in [-0.2, 0) is 0 Å². The summed E-state index contributed by atoms with van der Waals surface area (Å²) in [5, 5.41) is 7.39. The van der Waals surface area contributed by atoms with Gasteiger partial charge in [-0.15, -0.1) is 0 Å². The molecule has 0 aliphatic rings. The highest BCUT2D eigenvalue weighted by molar-refractivity contribution is 6.14. The first-order chi connectivity index (χ1) is 32.4. The standard InChI is InChI=1S/C61H43N5/c1-38-14-12-16-41(32-38)52-37-53(63-61(62-52)43-17-13-15-39(2)33-43)42-26-29-54(40(3)34-42)66-59-30-27-44(64-55-22-8-4-18-46(55)47-19-5-9-23-56(47)64)35-50(59)51-36-45(28-31-60(51)66)65-57-24-10-6-20-48(57)49-21-7-11-25-58(49)65/h4-37H,1-3H3. The largest absolute Gasteiger partial charge is 0.309 e. The van der Waals surface area contributed by atoms with E-state index in [0.717, 1.165) is 67.6 Å². The van der Waals surface area contributed by atoms with Crippen molar-refractivity contribution in [1.82, 2.24) is 23.7 Å². The second-order valence-corrected chi connectivity index (χ2v) is 17.7. The average Bonchev–Trinajstić information content (AvgIpc) is 3.99. The molecule has 0 saturated carbocycles. The Labute approximate surface area is 382 Å². The molecule has 66 heavy (non-hydrogen) atoms. The van der Waals surface area contributed by atoms with Crippen LogP contribution in [0.1, 0.15) is 16.7 Å². The lowest BCUT2D eigenvalue weighted by Crippen LogP contribution is -2.00. The number of hydrogen-bond donors (Lipinski definition) is 0. The lowest BCUT2D eigenvalue weighted by molar-refractivity contribution is 1.14. The summed E-state index contributed by atoms with van der Waals surface area (Å²) in [6.45, 7) is 6.46. The Hall–Kier alpha value is -8.54. The summed E-state index contributed by atoms with van der Waals surface area (Å²) in [6, 6.07) is 74.9. The minimum Gasteiger partial charge on any atom is -0.309 e. The number of aromatic nitrogens is 5. The molecule has 0 saturated heterocycles. The summed E-state index contributed by atoms with van der Waals surface area (Å²) in [5.74, 6) is 0.718. The van der Waals surface area contributed by atoms with E-state index in [4.69, 9.17) is 9.97 Å². The zero-order chi connectivity index (χ0) is 44.0. The molecule has 13 rings (SSSR count). The molecule has 5 heteroatoms. The van der Waals surface area contributed by atoms with E-state index in [1.807, 2.05) is 0 Å². The fraction of sp³-hybridized carbons (Fsp3) is 0.0492. The van der Waals surface area contributed by atoms with Gasteiger partial charge < -0.3 is 13.7 Å². The predicted molar refractivity (Wildman–Crippen MR) is 276 cm³/mol. The highest BCUT2D eigenvalue weighted by atomic mass is 15.0. The third kappa shape index (κ3) is 5.94. The maximum atomic E-state index is 5.23. The molecular weight excluding hydrogens is 803 g/mol. The monoisotopic (exact) mass is 845 g/mol. The Bertz CT molecular complexity index is 3760. The first-order valence-corrected chi connectivity index (χ1v) is 22.7. The van der Waals surface area contributed by atoms with Gasteiger partial charge in [-0.1, -0.05) is 126 Å². The molecule has 0 aliphatic heterocycles. The zero-order valence-electron chi connectivity index (χ0n) is 36.9. The number of para-hydroxylation sites is 4. The molecule has 312 valence electrons. The first kappa shape index (κ1) is 38.0. The Balaban J connectivity index is 1.03. The summed E-state index contributed by atoms with van der Waals surface area (Å²) in [5.41, 5.74) is 18.9. The molecule has 0 aliphatic carbocycles. The van der Waals surface area contributed by atoms with Gasteiger partial charge in [-0.25, -0.2) is 9.97 Å². The minimum absolute atomic E-state index is 0.718. The predicted octanol–water partition coefficient (Wildman–Crippen LogP) is 15.7. The van der Waals surface area contributed by atoms with Crippen molar-refractivity contribution in [1.29, 1.82) is 0 Å². The molecule has 0 fully saturated rings. The third-order valence-electron chi connectivity index (χ3n) is 13.5. The molecule has 0 bridgehead atoms. The number of hydrogen-bond acceptors (Lipinski definition) is 2. The van der Waals surface area contributed by atoms with Crippen LogP contribution < -0.4 is 0 Å². The summed E-state index contributed by atoms with van der Waals surface area (Å²) in [4.78, 5) is 10.4. The number of fused-ring (bicyclic) bond motifs is 9. The van der Waals surface area contributed by atoms with Gasteiger partial charge in [-0.2, -0.15) is 0 Å². The third-order valence-corrected chi connectivity index (χ3v) is 13.5. The van der Waals surface area contributed by atoms with Crippen molar-refractivity contribution < 1.29 is 0 Å². The van der Waals surface area contributed by atoms with Crippen molar-refractivity contribution >= 4 is 65.4 Å². The van der Waals surface area contributed by atoms with Crippen LogP contribution in [0.3, 0.4) is 0 Å². The Morgan fingerprint density at radius 1 is 0.303 bits per heavy atom. The molecular formula is C61H43N5. The van der Waals surface area contributed by atoms with Crippen molar-refractivity contribution in [2.45, 2.75) is 20.8 Å². The molecule has 5 nitrogen and oxygen atoms in total. The Kier molecular flexibility index (Phi) is 8.49. The molecule has 0 atom stereocenters. The van der Waals surface area contributed by atoms with E-state index in [1.165, 1.54) is 65.5 Å². The second kappa shape index (κ2) is 14.8. The smallest absolute Gasteiger partial charge is 0.160 e. The quantitative estimate of drug-likeness (QED) is 0.167. The lowest BCUT2D eigenvalue weighted by Gasteiger charge is -2.15. The number of rotatable bonds is 6. The first-order valence-electron chi connectivity index (χ1n) is 22.7. The molecule has 4 aromatic heterocycles. The van der Waals surface area contributed by atoms with Crippen LogP contribution in [0.5, 0.6) is 0 Å². The van der Waals surface area contributed by atoms with Crippen LogP contribution in [0.25, 0.3) is 116 Å². The maximum absolute atomic E-state index is 5.23. The van der Waals surface area contributed by atoms with Crippen LogP contribution in [0.4, 0.5) is 0 Å². The topological polar surface area (TPSA) is 40.6 Å². The van der Waals surface area contributed by atoms with Crippen molar-refractivity contribution in [3.63, 3.8) is 0 Å². The molecule has 0 N–H and O–H groups in total. The highest BCUT2D eigenvalue weighted by Gasteiger charge is 2.20. The van der Waals surface area contributed by atoms with Crippen molar-refractivity contribution in [2.24, 2.45) is 0 Å². The van der Waals surface area contributed by atoms with Gasteiger partial charge in [-0.3, -0.25) is 0 Å². The number of nitrogens with zero attached hydrogens (tertiary/aromatic N) is 5. The molecule has 0 amide bonds. The molecule has 0 radical (unpaired) electrons. The summed E-state index contributed by atoms with van der Waals surface area (Å²) >= 11 is 0. The van der Waals surface area contributed by atoms with E-state index >= 15 is 0 Å². The van der Waals surface area contributed by atoms with Gasteiger partial charge in [0.1, 0.15) is 0 Å².